The van der Waals surface area contributed by atoms with Gasteiger partial charge in [0.15, 0.2) is 5.29 Å². The van der Waals surface area contributed by atoms with Gasteiger partial charge in [-0.25, -0.2) is 4.99 Å². The van der Waals surface area contributed by atoms with Crippen LogP contribution in [0.25, 0.3) is 0 Å². The molecule has 156 valence electrons. The summed E-state index contributed by atoms with van der Waals surface area (Å²) in [4.78, 5) is 6.17. The van der Waals surface area contributed by atoms with Gasteiger partial charge in [0.2, 0.25) is 5.79 Å². The molecule has 7 heteroatoms. The molecule has 0 bridgehead atoms. The van der Waals surface area contributed by atoms with Gasteiger partial charge in [-0.05, 0) is 40.8 Å². The third-order valence-electron chi connectivity index (χ3n) is 5.15. The average Bonchev–Trinajstić information content (AvgIpc) is 3.44. The fourth-order valence-corrected chi connectivity index (χ4v) is 4.33. The number of aliphatic imine (C=N–C) groups is 1. The minimum absolute atomic E-state index is 0.0949. The van der Waals surface area contributed by atoms with Crippen molar-refractivity contribution in [2.75, 3.05) is 27.3 Å². The van der Waals surface area contributed by atoms with Crippen molar-refractivity contribution in [1.29, 1.82) is 0 Å². The number of benzene rings is 2. The molecule has 0 N–H and O–H groups in total. The van der Waals surface area contributed by atoms with Crippen LogP contribution in [0.5, 0.6) is 0 Å². The number of aromatic nitrogens is 1. The molecule has 3 aromatic rings. The Balaban J connectivity index is 1.65. The van der Waals surface area contributed by atoms with E-state index in [-0.39, 0.29) is 5.92 Å². The Morgan fingerprint density at radius 2 is 1.77 bits per heavy atom. The van der Waals surface area contributed by atoms with Crippen molar-refractivity contribution < 1.29 is 9.47 Å². The van der Waals surface area contributed by atoms with Crippen LogP contribution in [0.4, 0.5) is 5.00 Å². The first-order valence-corrected chi connectivity index (χ1v) is 11.0. The highest BCUT2D eigenvalue weighted by Crippen LogP contribution is 2.40. The molecular weight excluding hydrogens is 418 g/mol. The van der Waals surface area contributed by atoms with Gasteiger partial charge in [-0.1, -0.05) is 55.5 Å². The normalized spacial score (nSPS) is 17.1. The van der Waals surface area contributed by atoms with E-state index in [1.807, 2.05) is 56.6 Å². The molecule has 0 saturated carbocycles. The van der Waals surface area contributed by atoms with Crippen LogP contribution >= 0.6 is 23.1 Å². The molecule has 1 fully saturated rings. The van der Waals surface area contributed by atoms with E-state index in [1.165, 1.54) is 11.5 Å². The summed E-state index contributed by atoms with van der Waals surface area (Å²) in [6.45, 7) is 3.27. The summed E-state index contributed by atoms with van der Waals surface area (Å²) in [6.07, 6.45) is 0. The van der Waals surface area contributed by atoms with E-state index in [1.54, 1.807) is 4.90 Å². The van der Waals surface area contributed by atoms with E-state index < -0.39 is 5.79 Å². The van der Waals surface area contributed by atoms with Gasteiger partial charge < -0.3 is 14.4 Å². The van der Waals surface area contributed by atoms with E-state index in [0.29, 0.717) is 18.5 Å². The second kappa shape index (κ2) is 8.86. The lowest BCUT2D eigenvalue weighted by atomic mass is 9.91. The molecule has 1 unspecified atom stereocenters. The van der Waals surface area contributed by atoms with Crippen LogP contribution in [0.2, 0.25) is 0 Å². The molecule has 1 atom stereocenters. The molecule has 4 rings (SSSR count). The molecule has 1 aliphatic rings. The molecule has 0 amide bonds. The Morgan fingerprint density at radius 1 is 1.07 bits per heavy atom. The van der Waals surface area contributed by atoms with Crippen LogP contribution < -0.4 is 0 Å². The van der Waals surface area contributed by atoms with Gasteiger partial charge in [0.1, 0.15) is 5.00 Å². The second-order valence-corrected chi connectivity index (χ2v) is 8.51. The van der Waals surface area contributed by atoms with Crippen molar-refractivity contribution in [3.63, 3.8) is 0 Å². The molecule has 1 aliphatic heterocycles. The largest absolute Gasteiger partial charge is 0.353 e. The second-order valence-electron chi connectivity index (χ2n) is 7.39. The monoisotopic (exact) mass is 441 g/mol. The first kappa shape index (κ1) is 21.0. The smallest absolute Gasteiger partial charge is 0.222 e. The molecule has 1 aromatic heterocycles. The van der Waals surface area contributed by atoms with E-state index >= 15 is 0 Å². The Labute approximate surface area is 186 Å². The summed E-state index contributed by atoms with van der Waals surface area (Å²) in [6, 6.07) is 20.4. The maximum Gasteiger partial charge on any atom is 0.222 e. The standard InChI is InChI=1S/C23H24ClN3O2S/c1-16(20-15-21(30-26-20)25-22(24)27(2)3)17-8-7-11-19(14-17)23(28-12-13-29-23)18-9-5-4-6-10-18/h4-11,14-16H,12-13H2,1-3H3. The van der Waals surface area contributed by atoms with Crippen LogP contribution in [0, 0.1) is 0 Å². The van der Waals surface area contributed by atoms with Gasteiger partial charge in [-0.2, -0.15) is 4.37 Å². The quantitative estimate of drug-likeness (QED) is 0.305. The molecule has 2 heterocycles. The van der Waals surface area contributed by atoms with Gasteiger partial charge in [0.25, 0.3) is 0 Å². The van der Waals surface area contributed by atoms with Gasteiger partial charge in [-0.15, -0.1) is 0 Å². The number of hydrogen-bond acceptors (Lipinski definition) is 5. The van der Waals surface area contributed by atoms with Gasteiger partial charge >= 0.3 is 0 Å². The maximum atomic E-state index is 6.15. The third-order valence-corrected chi connectivity index (χ3v) is 6.27. The van der Waals surface area contributed by atoms with Gasteiger partial charge in [0, 0.05) is 31.1 Å². The van der Waals surface area contributed by atoms with Gasteiger partial charge in [-0.3, -0.25) is 0 Å². The van der Waals surface area contributed by atoms with Crippen molar-refractivity contribution in [3.05, 3.63) is 83.0 Å². The number of rotatable bonds is 5. The number of amidine groups is 1. The minimum Gasteiger partial charge on any atom is -0.353 e. The van der Waals surface area contributed by atoms with Crippen molar-refractivity contribution in [3.8, 4) is 0 Å². The summed E-state index contributed by atoms with van der Waals surface area (Å²) >= 11 is 7.50. The summed E-state index contributed by atoms with van der Waals surface area (Å²) in [7, 11) is 3.72. The third kappa shape index (κ3) is 4.14. The summed E-state index contributed by atoms with van der Waals surface area (Å²) in [5.74, 6) is -0.772. The lowest BCUT2D eigenvalue weighted by molar-refractivity contribution is -0.129. The summed E-state index contributed by atoms with van der Waals surface area (Å²) in [5, 5.41) is 1.22. The Morgan fingerprint density at radius 3 is 2.47 bits per heavy atom. The highest BCUT2D eigenvalue weighted by molar-refractivity contribution is 7.10. The van der Waals surface area contributed by atoms with Gasteiger partial charge in [0.05, 0.1) is 18.9 Å². The van der Waals surface area contributed by atoms with E-state index in [4.69, 9.17) is 21.1 Å². The zero-order chi connectivity index (χ0) is 21.1. The summed E-state index contributed by atoms with van der Waals surface area (Å²) < 4.78 is 16.9. The lowest BCUT2D eigenvalue weighted by Gasteiger charge is -2.29. The number of ether oxygens (including phenoxy) is 2. The first-order valence-electron chi connectivity index (χ1n) is 9.81. The summed E-state index contributed by atoms with van der Waals surface area (Å²) in [5.41, 5.74) is 4.08. The SMILES string of the molecule is CC(c1cccc(C2(c3ccccc3)OCCO2)c1)c1cc(N=C(Cl)N(C)C)sn1. The van der Waals surface area contributed by atoms with Crippen LogP contribution in [-0.2, 0) is 15.3 Å². The highest BCUT2D eigenvalue weighted by atomic mass is 35.5. The fourth-order valence-electron chi connectivity index (χ4n) is 3.48. The van der Waals surface area contributed by atoms with Crippen LogP contribution in [0.3, 0.4) is 0 Å². The topological polar surface area (TPSA) is 47.0 Å². The molecule has 30 heavy (non-hydrogen) atoms. The molecule has 0 spiro atoms. The minimum atomic E-state index is -0.867. The average molecular weight is 442 g/mol. The number of halogens is 1. The molecule has 1 saturated heterocycles. The molecule has 0 radical (unpaired) electrons. The lowest BCUT2D eigenvalue weighted by Crippen LogP contribution is -2.28. The van der Waals surface area contributed by atoms with E-state index in [0.717, 1.165) is 27.4 Å². The van der Waals surface area contributed by atoms with Crippen molar-refractivity contribution in [2.24, 2.45) is 4.99 Å². The van der Waals surface area contributed by atoms with Crippen molar-refractivity contribution in [2.45, 2.75) is 18.6 Å². The van der Waals surface area contributed by atoms with Crippen LogP contribution in [0.1, 0.15) is 35.2 Å². The van der Waals surface area contributed by atoms with Crippen LogP contribution in [-0.4, -0.2) is 41.9 Å². The number of hydrogen-bond donors (Lipinski definition) is 0. The van der Waals surface area contributed by atoms with Crippen LogP contribution in [0.15, 0.2) is 65.7 Å². The zero-order valence-corrected chi connectivity index (χ0v) is 18.8. The Hall–Kier alpha value is -2.25. The van der Waals surface area contributed by atoms with E-state index in [2.05, 4.69) is 34.5 Å². The molecule has 5 nitrogen and oxygen atoms in total. The first-order chi connectivity index (χ1) is 14.5. The fraction of sp³-hybridized carbons (Fsp3) is 0.304. The zero-order valence-electron chi connectivity index (χ0n) is 17.2. The predicted octanol–water partition coefficient (Wildman–Crippen LogP) is 5.33. The molecular formula is C23H24ClN3O2S. The maximum absolute atomic E-state index is 6.15. The highest BCUT2D eigenvalue weighted by Gasteiger charge is 2.40. The Kier molecular flexibility index (Phi) is 6.20. The van der Waals surface area contributed by atoms with Crippen molar-refractivity contribution >= 4 is 33.4 Å². The van der Waals surface area contributed by atoms with Crippen molar-refractivity contribution in [1.82, 2.24) is 9.27 Å². The Bertz CT molecular complexity index is 1030. The predicted molar refractivity (Wildman–Crippen MR) is 122 cm³/mol. The molecule has 2 aromatic carbocycles. The molecule has 0 aliphatic carbocycles. The number of nitrogens with zero attached hydrogens (tertiary/aromatic N) is 3. The van der Waals surface area contributed by atoms with E-state index in [9.17, 15) is 0 Å².